The average molecular weight is 384 g/mol. The van der Waals surface area contributed by atoms with Crippen molar-refractivity contribution in [2.24, 2.45) is 17.3 Å². The minimum atomic E-state index is -1.19. The van der Waals surface area contributed by atoms with Gasteiger partial charge in [-0.15, -0.1) is 0 Å². The van der Waals surface area contributed by atoms with Crippen LogP contribution in [0.3, 0.4) is 0 Å². The second kappa shape index (κ2) is 10.2. The van der Waals surface area contributed by atoms with Crippen LogP contribution < -0.4 is 0 Å². The molecule has 0 spiro atoms. The SMILES string of the molecule is CCC[C@H]([SiH2]N(C)C(=O)[C@H](CCC(=O)C(C)(C)C)C1CCCC1)C(=O)O. The first-order valence-corrected chi connectivity index (χ1v) is 11.5. The Bertz CT molecular complexity index is 495. The van der Waals surface area contributed by atoms with Crippen molar-refractivity contribution < 1.29 is 19.5 Å². The molecular weight excluding hydrogens is 346 g/mol. The largest absolute Gasteiger partial charge is 0.481 e. The molecule has 5 nitrogen and oxygen atoms in total. The van der Waals surface area contributed by atoms with Crippen LogP contribution in [-0.4, -0.2) is 44.1 Å². The van der Waals surface area contributed by atoms with Gasteiger partial charge >= 0.3 is 5.97 Å². The van der Waals surface area contributed by atoms with E-state index in [1.807, 2.05) is 27.7 Å². The van der Waals surface area contributed by atoms with Crippen molar-refractivity contribution in [2.75, 3.05) is 7.05 Å². The molecule has 0 heterocycles. The molecule has 1 saturated carbocycles. The quantitative estimate of drug-likeness (QED) is 0.587. The molecule has 1 aliphatic rings. The molecule has 1 fully saturated rings. The van der Waals surface area contributed by atoms with Crippen LogP contribution in [0.1, 0.15) is 79.1 Å². The van der Waals surface area contributed by atoms with E-state index in [0.717, 1.165) is 32.1 Å². The van der Waals surface area contributed by atoms with Gasteiger partial charge in [-0.25, -0.2) is 0 Å². The van der Waals surface area contributed by atoms with Crippen molar-refractivity contribution in [1.82, 2.24) is 4.57 Å². The van der Waals surface area contributed by atoms with Crippen molar-refractivity contribution in [3.05, 3.63) is 0 Å². The predicted octanol–water partition coefficient (Wildman–Crippen LogP) is 3.40. The number of rotatable bonds is 10. The van der Waals surface area contributed by atoms with Crippen LogP contribution in [0.4, 0.5) is 0 Å². The third-order valence-corrected chi connectivity index (χ3v) is 7.72. The van der Waals surface area contributed by atoms with Crippen LogP contribution in [0.2, 0.25) is 5.54 Å². The molecule has 0 bridgehead atoms. The maximum atomic E-state index is 13.1. The van der Waals surface area contributed by atoms with Gasteiger partial charge in [-0.3, -0.25) is 14.4 Å². The highest BCUT2D eigenvalue weighted by Gasteiger charge is 2.34. The number of aliphatic carboxylic acids is 1. The fourth-order valence-electron chi connectivity index (χ4n) is 3.93. The van der Waals surface area contributed by atoms with Crippen molar-refractivity contribution >= 4 is 27.3 Å². The zero-order valence-corrected chi connectivity index (χ0v) is 18.6. The Morgan fingerprint density at radius 2 is 1.73 bits per heavy atom. The lowest BCUT2D eigenvalue weighted by atomic mass is 9.82. The highest BCUT2D eigenvalue weighted by atomic mass is 28.2. The van der Waals surface area contributed by atoms with E-state index in [1.165, 1.54) is 0 Å². The summed E-state index contributed by atoms with van der Waals surface area (Å²) < 4.78 is 1.74. The minimum Gasteiger partial charge on any atom is -0.481 e. The third kappa shape index (κ3) is 6.86. The molecule has 0 aromatic rings. The van der Waals surface area contributed by atoms with E-state index >= 15 is 0 Å². The minimum absolute atomic E-state index is 0.0765. The van der Waals surface area contributed by atoms with E-state index in [0.29, 0.717) is 25.2 Å². The second-order valence-corrected chi connectivity index (χ2v) is 11.2. The van der Waals surface area contributed by atoms with Gasteiger partial charge < -0.3 is 9.67 Å². The first-order chi connectivity index (χ1) is 12.1. The number of hydrogen-bond donors (Lipinski definition) is 1. The maximum absolute atomic E-state index is 13.1. The normalized spacial score (nSPS) is 18.2. The first-order valence-electron chi connectivity index (χ1n) is 10.1. The topological polar surface area (TPSA) is 74.7 Å². The van der Waals surface area contributed by atoms with Crippen LogP contribution in [0.5, 0.6) is 0 Å². The lowest BCUT2D eigenvalue weighted by Crippen LogP contribution is -2.41. The number of amides is 1. The molecule has 26 heavy (non-hydrogen) atoms. The molecular formula is C20H37NO4Si. The summed E-state index contributed by atoms with van der Waals surface area (Å²) in [6, 6.07) is 0. The molecule has 0 unspecified atom stereocenters. The van der Waals surface area contributed by atoms with Gasteiger partial charge in [0, 0.05) is 17.8 Å². The van der Waals surface area contributed by atoms with Crippen LogP contribution >= 0.6 is 0 Å². The highest BCUT2D eigenvalue weighted by molar-refractivity contribution is 6.44. The number of nitrogens with zero attached hydrogens (tertiary/aromatic N) is 1. The standard InChI is InChI=1S/C20H37NO4Si/c1-6-9-16(19(24)25)26-21(5)18(23)15(14-10-7-8-11-14)12-13-17(22)20(2,3)4/h14-16H,6-13,26H2,1-5H3,(H,24,25)/t15-,16+/m1/s1. The van der Waals surface area contributed by atoms with E-state index in [2.05, 4.69) is 0 Å². The van der Waals surface area contributed by atoms with E-state index in [1.54, 1.807) is 11.6 Å². The van der Waals surface area contributed by atoms with Crippen LogP contribution in [-0.2, 0) is 14.4 Å². The summed E-state index contributed by atoms with van der Waals surface area (Å²) in [7, 11) is 0.581. The monoisotopic (exact) mass is 383 g/mol. The van der Waals surface area contributed by atoms with Crippen LogP contribution in [0.15, 0.2) is 0 Å². The first kappa shape index (κ1) is 22.9. The van der Waals surface area contributed by atoms with Crippen LogP contribution in [0, 0.1) is 17.3 Å². The van der Waals surface area contributed by atoms with E-state index in [-0.39, 0.29) is 28.6 Å². The average Bonchev–Trinajstić information content (AvgIpc) is 3.07. The van der Waals surface area contributed by atoms with E-state index in [9.17, 15) is 19.5 Å². The number of Topliss-reactive ketones (excluding diaryl/α,β-unsaturated/α-hetero) is 1. The molecule has 150 valence electrons. The molecule has 1 N–H and O–H groups in total. The van der Waals surface area contributed by atoms with Gasteiger partial charge in [0.05, 0.1) is 5.54 Å². The summed E-state index contributed by atoms with van der Waals surface area (Å²) >= 11 is 0. The van der Waals surface area contributed by atoms with Crippen molar-refractivity contribution in [3.63, 3.8) is 0 Å². The van der Waals surface area contributed by atoms with Gasteiger partial charge in [0.1, 0.15) is 15.5 Å². The fourth-order valence-corrected chi connectivity index (χ4v) is 5.75. The van der Waals surface area contributed by atoms with Gasteiger partial charge in [-0.05, 0) is 38.6 Å². The maximum Gasteiger partial charge on any atom is 0.304 e. The zero-order valence-electron chi connectivity index (χ0n) is 17.2. The Balaban J connectivity index is 2.79. The van der Waals surface area contributed by atoms with Crippen molar-refractivity contribution in [2.45, 2.75) is 84.6 Å². The number of carbonyl (C=O) groups is 3. The molecule has 1 amide bonds. The number of carboxylic acid groups (broad SMARTS) is 1. The zero-order chi connectivity index (χ0) is 19.9. The molecule has 0 aromatic carbocycles. The number of hydrogen-bond acceptors (Lipinski definition) is 3. The smallest absolute Gasteiger partial charge is 0.304 e. The fraction of sp³-hybridized carbons (Fsp3) is 0.850. The predicted molar refractivity (Wildman–Crippen MR) is 107 cm³/mol. The number of ketones is 1. The van der Waals surface area contributed by atoms with Crippen molar-refractivity contribution in [1.29, 1.82) is 0 Å². The summed E-state index contributed by atoms with van der Waals surface area (Å²) in [6.07, 6.45) is 6.88. The Labute approximate surface area is 160 Å². The summed E-state index contributed by atoms with van der Waals surface area (Å²) in [5.41, 5.74) is -0.756. The summed E-state index contributed by atoms with van der Waals surface area (Å²) in [5.74, 6) is -0.285. The molecule has 0 radical (unpaired) electrons. The van der Waals surface area contributed by atoms with Gasteiger partial charge in [-0.2, -0.15) is 0 Å². The van der Waals surface area contributed by atoms with Crippen molar-refractivity contribution in [3.8, 4) is 0 Å². The summed E-state index contributed by atoms with van der Waals surface area (Å²) in [5, 5.41) is 9.40. The Kier molecular flexibility index (Phi) is 9.00. The number of carboxylic acids is 1. The molecule has 2 atom stereocenters. The molecule has 1 rings (SSSR count). The van der Waals surface area contributed by atoms with E-state index in [4.69, 9.17) is 0 Å². The molecule has 0 saturated heterocycles. The Hall–Kier alpha value is -1.17. The summed E-state index contributed by atoms with van der Waals surface area (Å²) in [4.78, 5) is 36.9. The molecule has 1 aliphatic carbocycles. The molecule has 6 heteroatoms. The van der Waals surface area contributed by atoms with Gasteiger partial charge in [0.15, 0.2) is 0 Å². The van der Waals surface area contributed by atoms with Crippen LogP contribution in [0.25, 0.3) is 0 Å². The number of carbonyl (C=O) groups excluding carboxylic acids is 2. The van der Waals surface area contributed by atoms with E-state index < -0.39 is 15.7 Å². The third-order valence-electron chi connectivity index (χ3n) is 5.66. The van der Waals surface area contributed by atoms with Gasteiger partial charge in [-0.1, -0.05) is 47.0 Å². The molecule has 0 aromatic heterocycles. The lowest BCUT2D eigenvalue weighted by molar-refractivity contribution is -0.137. The van der Waals surface area contributed by atoms with Gasteiger partial charge in [0.25, 0.3) is 0 Å². The Morgan fingerprint density at radius 3 is 2.19 bits per heavy atom. The van der Waals surface area contributed by atoms with Gasteiger partial charge in [0.2, 0.25) is 5.91 Å². The Morgan fingerprint density at radius 1 is 1.15 bits per heavy atom. The second-order valence-electron chi connectivity index (χ2n) is 8.91. The summed E-state index contributed by atoms with van der Waals surface area (Å²) in [6.45, 7) is 7.74. The molecule has 0 aliphatic heterocycles. The lowest BCUT2D eigenvalue weighted by Gasteiger charge is -2.30. The highest BCUT2D eigenvalue weighted by Crippen LogP contribution is 2.35.